The van der Waals surface area contributed by atoms with Gasteiger partial charge in [0.1, 0.15) is 0 Å². The molecule has 0 atom stereocenters. The van der Waals surface area contributed by atoms with E-state index >= 15 is 0 Å². The highest BCUT2D eigenvalue weighted by molar-refractivity contribution is 9.10. The van der Waals surface area contributed by atoms with Crippen molar-refractivity contribution in [2.75, 3.05) is 31.1 Å². The summed E-state index contributed by atoms with van der Waals surface area (Å²) >= 11 is 3.57. The van der Waals surface area contributed by atoms with Crippen LogP contribution >= 0.6 is 15.9 Å². The van der Waals surface area contributed by atoms with Crippen LogP contribution in [0.15, 0.2) is 28.7 Å². The van der Waals surface area contributed by atoms with Gasteiger partial charge in [-0.1, -0.05) is 12.1 Å². The van der Waals surface area contributed by atoms with Gasteiger partial charge in [0.05, 0.1) is 24.2 Å². The van der Waals surface area contributed by atoms with E-state index in [1.807, 2.05) is 39.0 Å². The predicted molar refractivity (Wildman–Crippen MR) is 83.5 cm³/mol. The maximum Gasteiger partial charge on any atom is 0.330 e. The topological polar surface area (TPSA) is 32.8 Å². The van der Waals surface area contributed by atoms with Gasteiger partial charge in [-0.05, 0) is 48.8 Å². The normalized spacial score (nSPS) is 17.1. The summed E-state index contributed by atoms with van der Waals surface area (Å²) in [6, 6.07) is 8.18. The Labute approximate surface area is 128 Å². The summed E-state index contributed by atoms with van der Waals surface area (Å²) in [6.45, 7) is 8.75. The number of hydrogen-bond acceptors (Lipinski definition) is 4. The third-order valence-corrected chi connectivity index (χ3v) is 3.93. The van der Waals surface area contributed by atoms with Crippen molar-refractivity contribution >= 4 is 27.6 Å². The van der Waals surface area contributed by atoms with Gasteiger partial charge in [0.15, 0.2) is 0 Å². The number of para-hydroxylation sites is 1. The minimum atomic E-state index is -0.459. The third kappa shape index (κ3) is 3.73. The van der Waals surface area contributed by atoms with Gasteiger partial charge in [0, 0.05) is 17.6 Å². The molecule has 5 heteroatoms. The van der Waals surface area contributed by atoms with Crippen LogP contribution in [-0.2, 0) is 9.63 Å². The van der Waals surface area contributed by atoms with Gasteiger partial charge < -0.3 is 9.74 Å². The van der Waals surface area contributed by atoms with Crippen LogP contribution in [0.1, 0.15) is 20.8 Å². The average Bonchev–Trinajstić information content (AvgIpc) is 2.39. The average molecular weight is 341 g/mol. The first kappa shape index (κ1) is 15.3. The van der Waals surface area contributed by atoms with E-state index in [0.717, 1.165) is 30.7 Å². The van der Waals surface area contributed by atoms with E-state index in [1.54, 1.807) is 5.06 Å². The number of halogens is 1. The zero-order chi connectivity index (χ0) is 14.8. The van der Waals surface area contributed by atoms with Crippen LogP contribution in [0.4, 0.5) is 5.69 Å². The molecular weight excluding hydrogens is 320 g/mol. The second-order valence-corrected chi connectivity index (χ2v) is 6.85. The summed E-state index contributed by atoms with van der Waals surface area (Å²) in [5, 5.41) is 1.76. The number of nitrogens with zero attached hydrogens (tertiary/aromatic N) is 2. The Hall–Kier alpha value is -1.07. The third-order valence-electron chi connectivity index (χ3n) is 3.26. The van der Waals surface area contributed by atoms with Crippen LogP contribution in [0.5, 0.6) is 0 Å². The number of rotatable bonds is 2. The molecular formula is C15H21BrN2O2. The van der Waals surface area contributed by atoms with Crippen LogP contribution in [0.3, 0.4) is 0 Å². The second-order valence-electron chi connectivity index (χ2n) is 6.00. The highest BCUT2D eigenvalue weighted by Crippen LogP contribution is 2.26. The van der Waals surface area contributed by atoms with E-state index in [0.29, 0.717) is 0 Å². The zero-order valence-electron chi connectivity index (χ0n) is 12.2. The summed E-state index contributed by atoms with van der Waals surface area (Å²) in [5.41, 5.74) is 0.730. The van der Waals surface area contributed by atoms with Crippen molar-refractivity contribution in [3.63, 3.8) is 0 Å². The Kier molecular flexibility index (Phi) is 4.70. The molecule has 1 heterocycles. The predicted octanol–water partition coefficient (Wildman–Crippen LogP) is 3.08. The molecule has 0 aliphatic carbocycles. The molecule has 0 unspecified atom stereocenters. The number of anilines is 1. The molecule has 0 N–H and O–H groups in total. The first-order valence-corrected chi connectivity index (χ1v) is 7.64. The molecule has 0 bridgehead atoms. The van der Waals surface area contributed by atoms with Crippen LogP contribution in [0.25, 0.3) is 0 Å². The van der Waals surface area contributed by atoms with Crippen molar-refractivity contribution in [1.82, 2.24) is 5.06 Å². The minimum Gasteiger partial charge on any atom is -0.368 e. The van der Waals surface area contributed by atoms with Gasteiger partial charge in [0.2, 0.25) is 0 Å². The van der Waals surface area contributed by atoms with Gasteiger partial charge in [-0.25, -0.2) is 4.79 Å². The largest absolute Gasteiger partial charge is 0.368 e. The molecule has 1 aliphatic heterocycles. The van der Waals surface area contributed by atoms with Gasteiger partial charge >= 0.3 is 5.97 Å². The highest BCUT2D eigenvalue weighted by atomic mass is 79.9. The summed E-state index contributed by atoms with van der Waals surface area (Å²) in [5.74, 6) is -0.174. The van der Waals surface area contributed by atoms with Crippen molar-refractivity contribution in [3.8, 4) is 0 Å². The Morgan fingerprint density at radius 3 is 2.30 bits per heavy atom. The molecule has 1 aromatic rings. The first-order valence-electron chi connectivity index (χ1n) is 6.85. The van der Waals surface area contributed by atoms with Gasteiger partial charge in [-0.15, -0.1) is 5.06 Å². The van der Waals surface area contributed by atoms with Crippen molar-refractivity contribution < 1.29 is 9.63 Å². The first-order chi connectivity index (χ1) is 9.38. The van der Waals surface area contributed by atoms with E-state index in [-0.39, 0.29) is 5.97 Å². The maximum atomic E-state index is 11.9. The number of carbonyl (C=O) groups excluding carboxylic acids is 1. The van der Waals surface area contributed by atoms with Crippen LogP contribution in [0, 0.1) is 5.41 Å². The molecule has 0 saturated carbocycles. The minimum absolute atomic E-state index is 0.174. The fourth-order valence-electron chi connectivity index (χ4n) is 1.98. The number of benzene rings is 1. The van der Waals surface area contributed by atoms with Gasteiger partial charge in [-0.2, -0.15) is 0 Å². The van der Waals surface area contributed by atoms with E-state index in [2.05, 4.69) is 26.9 Å². The van der Waals surface area contributed by atoms with Crippen molar-refractivity contribution in [3.05, 3.63) is 28.7 Å². The lowest BCUT2D eigenvalue weighted by atomic mass is 9.98. The lowest BCUT2D eigenvalue weighted by Crippen LogP contribution is -2.48. The van der Waals surface area contributed by atoms with Crippen LogP contribution in [-0.4, -0.2) is 37.2 Å². The molecule has 1 aromatic carbocycles. The van der Waals surface area contributed by atoms with Crippen LogP contribution in [0.2, 0.25) is 0 Å². The Balaban J connectivity index is 1.90. The zero-order valence-corrected chi connectivity index (χ0v) is 13.8. The lowest BCUT2D eigenvalue weighted by Gasteiger charge is -2.36. The Morgan fingerprint density at radius 2 is 1.75 bits per heavy atom. The number of piperazine rings is 1. The van der Waals surface area contributed by atoms with Crippen molar-refractivity contribution in [2.24, 2.45) is 5.41 Å². The molecule has 0 amide bonds. The number of hydrogen-bond donors (Lipinski definition) is 0. The quantitative estimate of drug-likeness (QED) is 0.828. The monoisotopic (exact) mass is 340 g/mol. The summed E-state index contributed by atoms with van der Waals surface area (Å²) in [4.78, 5) is 19.6. The van der Waals surface area contributed by atoms with Crippen molar-refractivity contribution in [1.29, 1.82) is 0 Å². The molecule has 1 fully saturated rings. The summed E-state index contributed by atoms with van der Waals surface area (Å²) in [7, 11) is 0. The SMILES string of the molecule is CC(C)(C)C(=O)ON1CCN(c2ccccc2Br)CC1. The van der Waals surface area contributed by atoms with Crippen molar-refractivity contribution in [2.45, 2.75) is 20.8 Å². The van der Waals surface area contributed by atoms with E-state index in [4.69, 9.17) is 4.84 Å². The van der Waals surface area contributed by atoms with Gasteiger partial charge in [0.25, 0.3) is 0 Å². The fourth-order valence-corrected chi connectivity index (χ4v) is 2.52. The summed E-state index contributed by atoms with van der Waals surface area (Å²) in [6.07, 6.45) is 0. The molecule has 1 aliphatic rings. The highest BCUT2D eigenvalue weighted by Gasteiger charge is 2.28. The molecule has 1 saturated heterocycles. The molecule has 0 radical (unpaired) electrons. The molecule has 110 valence electrons. The fraction of sp³-hybridized carbons (Fsp3) is 0.533. The lowest BCUT2D eigenvalue weighted by molar-refractivity contribution is -0.201. The molecule has 20 heavy (non-hydrogen) atoms. The molecule has 0 aromatic heterocycles. The molecule has 4 nitrogen and oxygen atoms in total. The Bertz CT molecular complexity index is 477. The number of hydroxylamine groups is 2. The summed E-state index contributed by atoms with van der Waals surface area (Å²) < 4.78 is 1.10. The van der Waals surface area contributed by atoms with E-state index in [1.165, 1.54) is 5.69 Å². The molecule has 2 rings (SSSR count). The standard InChI is InChI=1S/C15H21BrN2O2/c1-15(2,3)14(19)20-18-10-8-17(9-11-18)13-7-5-4-6-12(13)16/h4-7H,8-11H2,1-3H3. The maximum absolute atomic E-state index is 11.9. The second kappa shape index (κ2) is 6.14. The van der Waals surface area contributed by atoms with E-state index in [9.17, 15) is 4.79 Å². The number of carbonyl (C=O) groups is 1. The van der Waals surface area contributed by atoms with Crippen LogP contribution < -0.4 is 4.90 Å². The Morgan fingerprint density at radius 1 is 1.15 bits per heavy atom. The smallest absolute Gasteiger partial charge is 0.330 e. The molecule has 0 spiro atoms. The van der Waals surface area contributed by atoms with Gasteiger partial charge in [-0.3, -0.25) is 0 Å². The van der Waals surface area contributed by atoms with E-state index < -0.39 is 5.41 Å².